The summed E-state index contributed by atoms with van der Waals surface area (Å²) in [4.78, 5) is 45.3. The zero-order valence-corrected chi connectivity index (χ0v) is 44.3. The van der Waals surface area contributed by atoms with Crippen molar-refractivity contribution < 1.29 is 53.0 Å². The maximum absolute atomic E-state index is 15.1. The molecule has 0 spiro atoms. The summed E-state index contributed by atoms with van der Waals surface area (Å²) in [6, 6.07) is 22.4. The first-order valence-electron chi connectivity index (χ1n) is 27.5. The predicted octanol–water partition coefficient (Wildman–Crippen LogP) is 13.8. The third kappa shape index (κ3) is 15.3. The number of hydrogen-bond acceptors (Lipinski definition) is 13. The van der Waals surface area contributed by atoms with Gasteiger partial charge in [0, 0.05) is 55.9 Å². The van der Waals surface area contributed by atoms with Gasteiger partial charge < -0.3 is 34.0 Å². The Morgan fingerprint density at radius 3 is 2.16 bits per heavy atom. The first kappa shape index (κ1) is 58.0. The first-order valence-corrected chi connectivity index (χ1v) is 27.5. The Kier molecular flexibility index (Phi) is 22.0. The molecule has 4 aromatic carbocycles. The van der Waals surface area contributed by atoms with Crippen LogP contribution in [0.15, 0.2) is 120 Å². The van der Waals surface area contributed by atoms with Crippen LogP contribution in [0.2, 0.25) is 0 Å². The standard InChI is InChI=1S/C60H75FN4O12/c1-3-5-6-7-8-9-10-11-12-17-36-73-59(68)63(41-43-23-27-46(61)28-24-43)56-40-54(62-75-42-44-25-29-47(30-26-44)64(69)70)52-37-45(19-13-15-33-66)51(22-14-16-34-67)57-53-39-50(76-49-21-18-20-48(38-49)65(71)72)31-32-55(53)77-60(56,58(52)57)74-35-4-2/h4,18,20-21,23-32,37-39,45,51,56-58,66-67H,2-3,5-17,19,22,33-36,40-42H2,1H3/t45-,51+,56-,57+,58+,60+/m0/s1. The number of aliphatic hydroxyl groups excluding tert-OH is 2. The number of nitro groups is 2. The molecule has 0 saturated heterocycles. The summed E-state index contributed by atoms with van der Waals surface area (Å²) in [6.07, 6.45) is 18.2. The number of amides is 1. The lowest BCUT2D eigenvalue weighted by Gasteiger charge is -2.59. The zero-order chi connectivity index (χ0) is 54.6. The molecule has 77 heavy (non-hydrogen) atoms. The lowest BCUT2D eigenvalue weighted by atomic mass is 9.55. The average molecular weight is 1060 g/mol. The summed E-state index contributed by atoms with van der Waals surface area (Å²) < 4.78 is 41.7. The molecule has 6 atom stereocenters. The van der Waals surface area contributed by atoms with Crippen LogP contribution in [0.25, 0.3) is 0 Å². The number of nitrogens with zero attached hydrogens (tertiary/aromatic N) is 4. The molecule has 16 nitrogen and oxygen atoms in total. The van der Waals surface area contributed by atoms with E-state index < -0.39 is 45.4 Å². The lowest BCUT2D eigenvalue weighted by Crippen LogP contribution is -2.70. The van der Waals surface area contributed by atoms with Crippen LogP contribution in [-0.2, 0) is 27.5 Å². The monoisotopic (exact) mass is 1060 g/mol. The highest BCUT2D eigenvalue weighted by Gasteiger charge is 2.65. The Labute approximate surface area is 451 Å². The van der Waals surface area contributed by atoms with Gasteiger partial charge in [0.05, 0.1) is 40.8 Å². The number of nitro benzene ring substituents is 2. The van der Waals surface area contributed by atoms with Gasteiger partial charge in [0.2, 0.25) is 5.79 Å². The maximum Gasteiger partial charge on any atom is 0.410 e. The van der Waals surface area contributed by atoms with Crippen LogP contribution >= 0.6 is 0 Å². The fourth-order valence-electron chi connectivity index (χ4n) is 11.3. The van der Waals surface area contributed by atoms with Gasteiger partial charge in [-0.05, 0) is 109 Å². The summed E-state index contributed by atoms with van der Waals surface area (Å²) in [6.45, 7) is 6.38. The number of ether oxygens (including phenoxy) is 4. The van der Waals surface area contributed by atoms with Crippen molar-refractivity contribution in [3.05, 3.63) is 158 Å². The second-order valence-corrected chi connectivity index (χ2v) is 20.4. The molecule has 1 fully saturated rings. The highest BCUT2D eigenvalue weighted by atomic mass is 19.1. The average Bonchev–Trinajstić information content (AvgIpc) is 3.53. The number of benzene rings is 4. The van der Waals surface area contributed by atoms with Crippen LogP contribution in [0, 0.1) is 43.8 Å². The van der Waals surface area contributed by atoms with Crippen molar-refractivity contribution in [3.8, 4) is 17.2 Å². The number of carbonyl (C=O) groups is 1. The summed E-state index contributed by atoms with van der Waals surface area (Å²) in [5.74, 6) is -2.34. The molecular formula is C60H75FN4O12. The molecule has 17 heteroatoms. The second kappa shape index (κ2) is 29.2. The number of oxime groups is 1. The molecule has 2 N–H and O–H groups in total. The van der Waals surface area contributed by atoms with E-state index in [1.54, 1.807) is 59.5 Å². The Hall–Kier alpha value is -6.69. The van der Waals surface area contributed by atoms with E-state index in [1.807, 2.05) is 6.07 Å². The molecule has 0 aromatic heterocycles. The molecule has 1 amide bonds. The minimum Gasteiger partial charge on any atom is -0.459 e. The van der Waals surface area contributed by atoms with E-state index in [0.717, 1.165) is 30.4 Å². The van der Waals surface area contributed by atoms with E-state index in [-0.39, 0.29) is 75.0 Å². The molecular weight excluding hydrogens is 988 g/mol. The third-order valence-corrected chi connectivity index (χ3v) is 15.1. The molecule has 414 valence electrons. The summed E-state index contributed by atoms with van der Waals surface area (Å²) in [5.41, 5.74) is 3.10. The van der Waals surface area contributed by atoms with Crippen LogP contribution in [0.1, 0.15) is 139 Å². The Morgan fingerprint density at radius 1 is 0.818 bits per heavy atom. The van der Waals surface area contributed by atoms with Gasteiger partial charge in [0.25, 0.3) is 11.4 Å². The third-order valence-electron chi connectivity index (χ3n) is 15.1. The van der Waals surface area contributed by atoms with Crippen molar-refractivity contribution in [2.45, 2.75) is 147 Å². The van der Waals surface area contributed by atoms with Crippen molar-refractivity contribution >= 4 is 23.2 Å². The highest BCUT2D eigenvalue weighted by molar-refractivity contribution is 6.03. The summed E-state index contributed by atoms with van der Waals surface area (Å²) >= 11 is 0. The second-order valence-electron chi connectivity index (χ2n) is 20.4. The molecule has 1 aliphatic heterocycles. The number of unbranched alkanes of at least 4 members (excludes halogenated alkanes) is 11. The van der Waals surface area contributed by atoms with Crippen molar-refractivity contribution in [1.29, 1.82) is 0 Å². The number of rotatable bonds is 32. The van der Waals surface area contributed by atoms with Gasteiger partial charge in [0.15, 0.2) is 0 Å². The number of hydrogen-bond donors (Lipinski definition) is 2. The number of allylic oxidation sites excluding steroid dienone is 1. The van der Waals surface area contributed by atoms with E-state index in [9.17, 15) is 34.8 Å². The van der Waals surface area contributed by atoms with Gasteiger partial charge in [-0.1, -0.05) is 113 Å². The molecule has 7 rings (SSSR count). The van der Waals surface area contributed by atoms with E-state index in [4.69, 9.17) is 28.9 Å². The Morgan fingerprint density at radius 2 is 1.48 bits per heavy atom. The molecule has 3 aliphatic rings. The van der Waals surface area contributed by atoms with Gasteiger partial charge in [0.1, 0.15) is 35.7 Å². The largest absolute Gasteiger partial charge is 0.459 e. The van der Waals surface area contributed by atoms with Crippen LogP contribution in [0.3, 0.4) is 0 Å². The number of halogens is 1. The van der Waals surface area contributed by atoms with Crippen LogP contribution in [0.4, 0.5) is 20.6 Å². The van der Waals surface area contributed by atoms with Gasteiger partial charge in [-0.25, -0.2) is 9.18 Å². The van der Waals surface area contributed by atoms with E-state index >= 15 is 4.79 Å². The number of non-ortho nitro benzene ring substituents is 2. The van der Waals surface area contributed by atoms with Gasteiger partial charge in [-0.3, -0.25) is 25.1 Å². The summed E-state index contributed by atoms with van der Waals surface area (Å²) in [5, 5.41) is 48.3. The molecule has 1 heterocycles. The lowest BCUT2D eigenvalue weighted by molar-refractivity contribution is -0.385. The number of aliphatic hydroxyl groups is 2. The van der Waals surface area contributed by atoms with E-state index in [0.29, 0.717) is 73.3 Å². The minimum atomic E-state index is -1.65. The quantitative estimate of drug-likeness (QED) is 0.0203. The highest BCUT2D eigenvalue weighted by Crippen LogP contribution is 2.62. The van der Waals surface area contributed by atoms with E-state index in [1.165, 1.54) is 74.9 Å². The topological polar surface area (TPSA) is 206 Å². The fraction of sp³-hybridized carbons (Fsp3) is 0.500. The smallest absolute Gasteiger partial charge is 0.410 e. The van der Waals surface area contributed by atoms with Gasteiger partial charge in [-0.2, -0.15) is 0 Å². The maximum atomic E-state index is 15.1. The predicted molar refractivity (Wildman–Crippen MR) is 291 cm³/mol. The number of fused-ring (bicyclic) bond motifs is 2. The van der Waals surface area contributed by atoms with Crippen LogP contribution in [-0.4, -0.2) is 75.0 Å². The SMILES string of the molecule is C=CCO[C@@]12Oc3ccc(Oc4cccc([N+](=O)[O-])c4)cc3[C@H]3[C@H](CCCCO)[C@@H](CCCCO)C=C(C(=NOCc4ccc([N+](=O)[O-])cc4)C[C@@H]1N(Cc1ccc(F)cc1)C(=O)OCCCCCCCCCCCC)[C@H]32. The van der Waals surface area contributed by atoms with Gasteiger partial charge in [-0.15, -0.1) is 6.58 Å². The molecule has 0 unspecified atom stereocenters. The van der Waals surface area contributed by atoms with Crippen molar-refractivity contribution in [2.75, 3.05) is 26.4 Å². The fourth-order valence-corrected chi connectivity index (χ4v) is 11.3. The van der Waals surface area contributed by atoms with Crippen molar-refractivity contribution in [2.24, 2.45) is 22.9 Å². The Balaban J connectivity index is 1.36. The van der Waals surface area contributed by atoms with Crippen molar-refractivity contribution in [1.82, 2.24) is 4.90 Å². The molecule has 2 aliphatic carbocycles. The van der Waals surface area contributed by atoms with E-state index in [2.05, 4.69) is 19.6 Å². The Bertz CT molecular complexity index is 2630. The molecule has 1 saturated carbocycles. The minimum absolute atomic E-state index is 0.00503. The van der Waals surface area contributed by atoms with Crippen LogP contribution in [0.5, 0.6) is 17.2 Å². The molecule has 0 radical (unpaired) electrons. The summed E-state index contributed by atoms with van der Waals surface area (Å²) in [7, 11) is 0. The molecule has 4 aromatic rings. The van der Waals surface area contributed by atoms with Crippen LogP contribution < -0.4 is 9.47 Å². The number of carbonyl (C=O) groups excluding carboxylic acids is 1. The normalized spacial score (nSPS) is 20.8. The molecule has 0 bridgehead atoms. The first-order chi connectivity index (χ1) is 37.5. The zero-order valence-electron chi connectivity index (χ0n) is 44.3. The van der Waals surface area contributed by atoms with Crippen molar-refractivity contribution in [3.63, 3.8) is 0 Å². The van der Waals surface area contributed by atoms with Gasteiger partial charge >= 0.3 is 6.09 Å².